The number of likely N-dealkylation sites (N-methyl/N-ethyl adjacent to an activating group) is 1. The fourth-order valence-corrected chi connectivity index (χ4v) is 2.79. The van der Waals surface area contributed by atoms with Crippen LogP contribution >= 0.6 is 0 Å². The number of ether oxygens (including phenoxy) is 2. The maximum absolute atomic E-state index is 5.86. The summed E-state index contributed by atoms with van der Waals surface area (Å²) in [4.78, 5) is 2.46. The molecular formula is C17H28N2O2. The van der Waals surface area contributed by atoms with E-state index in [9.17, 15) is 0 Å². The third-order valence-electron chi connectivity index (χ3n) is 4.07. The molecule has 0 aromatic heterocycles. The summed E-state index contributed by atoms with van der Waals surface area (Å²) >= 11 is 0. The van der Waals surface area contributed by atoms with E-state index in [1.807, 2.05) is 24.3 Å². The molecule has 1 aromatic carbocycles. The van der Waals surface area contributed by atoms with Gasteiger partial charge >= 0.3 is 0 Å². The van der Waals surface area contributed by atoms with Crippen LogP contribution in [0.25, 0.3) is 0 Å². The lowest BCUT2D eigenvalue weighted by Gasteiger charge is -2.29. The molecule has 1 heterocycles. The second-order valence-corrected chi connectivity index (χ2v) is 5.54. The van der Waals surface area contributed by atoms with Gasteiger partial charge in [0.2, 0.25) is 0 Å². The molecule has 1 saturated heterocycles. The number of piperidine rings is 1. The first kappa shape index (κ1) is 16.1. The number of hydrogen-bond donors (Lipinski definition) is 1. The maximum atomic E-state index is 5.86. The van der Waals surface area contributed by atoms with Gasteiger partial charge in [-0.15, -0.1) is 0 Å². The van der Waals surface area contributed by atoms with Gasteiger partial charge in [0.15, 0.2) is 11.5 Å². The fourth-order valence-electron chi connectivity index (χ4n) is 2.79. The molecule has 1 fully saturated rings. The third-order valence-corrected chi connectivity index (χ3v) is 4.07. The molecule has 0 aliphatic carbocycles. The summed E-state index contributed by atoms with van der Waals surface area (Å²) in [5.74, 6) is 1.63. The van der Waals surface area contributed by atoms with Crippen molar-refractivity contribution in [2.45, 2.75) is 32.2 Å². The van der Waals surface area contributed by atoms with Crippen LogP contribution in [0.15, 0.2) is 24.3 Å². The van der Waals surface area contributed by atoms with Crippen LogP contribution in [0.3, 0.4) is 0 Å². The molecule has 1 aliphatic rings. The molecule has 1 aromatic rings. The normalized spacial score (nSPS) is 18.7. The minimum absolute atomic E-state index is 0.643. The van der Waals surface area contributed by atoms with Gasteiger partial charge in [-0.3, -0.25) is 4.90 Å². The molecule has 0 bridgehead atoms. The molecule has 1 unspecified atom stereocenters. The van der Waals surface area contributed by atoms with Crippen molar-refractivity contribution in [3.05, 3.63) is 24.3 Å². The molecule has 4 heteroatoms. The highest BCUT2D eigenvalue weighted by molar-refractivity contribution is 5.39. The Kier molecular flexibility index (Phi) is 6.83. The van der Waals surface area contributed by atoms with Gasteiger partial charge in [0.1, 0.15) is 6.61 Å². The van der Waals surface area contributed by atoms with E-state index >= 15 is 0 Å². The van der Waals surface area contributed by atoms with E-state index < -0.39 is 0 Å². The Morgan fingerprint density at radius 3 is 2.71 bits per heavy atom. The average molecular weight is 292 g/mol. The first-order valence-corrected chi connectivity index (χ1v) is 8.05. The van der Waals surface area contributed by atoms with E-state index in [4.69, 9.17) is 9.47 Å². The lowest BCUT2D eigenvalue weighted by atomic mass is 10.0. The quantitative estimate of drug-likeness (QED) is 0.798. The molecule has 1 N–H and O–H groups in total. The second-order valence-electron chi connectivity index (χ2n) is 5.54. The number of nitrogens with zero attached hydrogens (tertiary/aromatic N) is 1. The number of hydrogen-bond acceptors (Lipinski definition) is 4. The maximum Gasteiger partial charge on any atom is 0.161 e. The topological polar surface area (TPSA) is 33.7 Å². The van der Waals surface area contributed by atoms with Crippen molar-refractivity contribution < 1.29 is 9.47 Å². The molecule has 1 atom stereocenters. The Balaban J connectivity index is 1.74. The Labute approximate surface area is 128 Å². The summed E-state index contributed by atoms with van der Waals surface area (Å²) in [6, 6.07) is 8.46. The van der Waals surface area contributed by atoms with Crippen molar-refractivity contribution in [3.8, 4) is 11.5 Å². The molecule has 4 nitrogen and oxygen atoms in total. The Morgan fingerprint density at radius 1 is 1.24 bits per heavy atom. The number of methoxy groups -OCH3 is 1. The van der Waals surface area contributed by atoms with Crippen LogP contribution in [-0.4, -0.2) is 50.8 Å². The predicted molar refractivity (Wildman–Crippen MR) is 86.2 cm³/mol. The zero-order valence-electron chi connectivity index (χ0n) is 13.3. The van der Waals surface area contributed by atoms with Gasteiger partial charge in [0.25, 0.3) is 0 Å². The van der Waals surface area contributed by atoms with Gasteiger partial charge in [-0.25, -0.2) is 0 Å². The second kappa shape index (κ2) is 8.90. The van der Waals surface area contributed by atoms with Crippen LogP contribution in [0.2, 0.25) is 0 Å². The summed E-state index contributed by atoms with van der Waals surface area (Å²) in [7, 11) is 1.68. The van der Waals surface area contributed by atoms with E-state index in [2.05, 4.69) is 17.1 Å². The van der Waals surface area contributed by atoms with Gasteiger partial charge in [0, 0.05) is 19.1 Å². The summed E-state index contributed by atoms with van der Waals surface area (Å²) in [5.41, 5.74) is 0. The largest absolute Gasteiger partial charge is 0.493 e. The van der Waals surface area contributed by atoms with Crippen molar-refractivity contribution in [1.82, 2.24) is 10.2 Å². The van der Waals surface area contributed by atoms with Crippen LogP contribution in [0.5, 0.6) is 11.5 Å². The molecule has 0 radical (unpaired) electrons. The van der Waals surface area contributed by atoms with Crippen LogP contribution in [-0.2, 0) is 0 Å². The predicted octanol–water partition coefficient (Wildman–Crippen LogP) is 2.54. The highest BCUT2D eigenvalue weighted by Gasteiger charge is 2.15. The minimum atomic E-state index is 0.643. The Bertz CT molecular complexity index is 406. The minimum Gasteiger partial charge on any atom is -0.493 e. The molecule has 0 spiro atoms. The zero-order chi connectivity index (χ0) is 14.9. The van der Waals surface area contributed by atoms with Gasteiger partial charge in [-0.05, 0) is 38.1 Å². The molecule has 0 amide bonds. The monoisotopic (exact) mass is 292 g/mol. The van der Waals surface area contributed by atoms with Gasteiger partial charge < -0.3 is 14.8 Å². The van der Waals surface area contributed by atoms with Crippen LogP contribution < -0.4 is 14.8 Å². The lowest BCUT2D eigenvalue weighted by molar-refractivity contribution is 0.187. The first-order chi connectivity index (χ1) is 10.3. The highest BCUT2D eigenvalue weighted by atomic mass is 16.5. The van der Waals surface area contributed by atoms with Crippen molar-refractivity contribution in [1.29, 1.82) is 0 Å². The van der Waals surface area contributed by atoms with Crippen molar-refractivity contribution in [2.24, 2.45) is 0 Å². The molecular weight excluding hydrogens is 264 g/mol. The summed E-state index contributed by atoms with van der Waals surface area (Å²) in [6.45, 7) is 7.21. The van der Waals surface area contributed by atoms with Gasteiger partial charge in [0.05, 0.1) is 7.11 Å². The van der Waals surface area contributed by atoms with E-state index in [1.54, 1.807) is 7.11 Å². The Hall–Kier alpha value is -1.26. The average Bonchev–Trinajstić information content (AvgIpc) is 2.55. The van der Waals surface area contributed by atoms with Crippen LogP contribution in [0, 0.1) is 0 Å². The zero-order valence-corrected chi connectivity index (χ0v) is 13.3. The van der Waals surface area contributed by atoms with Crippen molar-refractivity contribution >= 4 is 0 Å². The summed E-state index contributed by atoms with van der Waals surface area (Å²) in [5, 5.41) is 3.61. The molecule has 21 heavy (non-hydrogen) atoms. The van der Waals surface area contributed by atoms with E-state index in [0.717, 1.165) is 31.1 Å². The summed E-state index contributed by atoms with van der Waals surface area (Å²) < 4.78 is 11.2. The number of para-hydroxylation sites is 2. The SMILES string of the molecule is CCN(CCOc1ccccc1OC)CC1CCCCN1. The van der Waals surface area contributed by atoms with E-state index in [0.29, 0.717) is 12.6 Å². The Morgan fingerprint density at radius 2 is 2.05 bits per heavy atom. The lowest BCUT2D eigenvalue weighted by Crippen LogP contribution is -2.44. The van der Waals surface area contributed by atoms with Gasteiger partial charge in [-0.1, -0.05) is 25.5 Å². The van der Waals surface area contributed by atoms with E-state index in [1.165, 1.54) is 25.8 Å². The summed E-state index contributed by atoms with van der Waals surface area (Å²) in [6.07, 6.45) is 3.97. The number of nitrogens with one attached hydrogen (secondary N) is 1. The van der Waals surface area contributed by atoms with Gasteiger partial charge in [-0.2, -0.15) is 0 Å². The van der Waals surface area contributed by atoms with E-state index in [-0.39, 0.29) is 0 Å². The highest BCUT2D eigenvalue weighted by Crippen LogP contribution is 2.25. The molecule has 1 aliphatic heterocycles. The molecule has 0 saturated carbocycles. The first-order valence-electron chi connectivity index (χ1n) is 8.05. The van der Waals surface area contributed by atoms with Crippen molar-refractivity contribution in [3.63, 3.8) is 0 Å². The third kappa shape index (κ3) is 5.21. The smallest absolute Gasteiger partial charge is 0.161 e. The molecule has 118 valence electrons. The number of rotatable bonds is 8. The van der Waals surface area contributed by atoms with Crippen LogP contribution in [0.4, 0.5) is 0 Å². The number of benzene rings is 1. The van der Waals surface area contributed by atoms with Crippen molar-refractivity contribution in [2.75, 3.05) is 39.9 Å². The van der Waals surface area contributed by atoms with Crippen LogP contribution in [0.1, 0.15) is 26.2 Å². The fraction of sp³-hybridized carbons (Fsp3) is 0.647. The standard InChI is InChI=1S/C17H28N2O2/c1-3-19(14-15-8-6-7-11-18-15)12-13-21-17-10-5-4-9-16(17)20-2/h4-5,9-10,15,18H,3,6-8,11-14H2,1-2H3. The molecule has 2 rings (SSSR count).